The molecule has 17 heteroatoms. The first-order chi connectivity index (χ1) is 22.2. The number of nitrogens with two attached hydrogens (primary N) is 2. The Labute approximate surface area is 268 Å². The topological polar surface area (TPSA) is 277 Å². The third-order valence-corrected chi connectivity index (χ3v) is 7.52. The number of primary amides is 1. The van der Waals surface area contributed by atoms with Crippen LogP contribution in [-0.4, -0.2) is 92.8 Å². The predicted molar refractivity (Wildman–Crippen MR) is 164 cm³/mol. The molecule has 0 spiro atoms. The average molecular weight is 656 g/mol. The van der Waals surface area contributed by atoms with Crippen LogP contribution in [0.4, 0.5) is 5.69 Å². The molecule has 5 amide bonds. The molecule has 0 aliphatic carbocycles. The molecule has 2 aromatic rings. The summed E-state index contributed by atoms with van der Waals surface area (Å²) in [4.78, 5) is 87.0. The van der Waals surface area contributed by atoms with Crippen molar-refractivity contribution in [3.05, 3.63) is 69.8 Å². The highest BCUT2D eigenvalue weighted by atomic mass is 16.6. The van der Waals surface area contributed by atoms with Crippen molar-refractivity contribution in [3.8, 4) is 5.75 Å². The largest absolute Gasteiger partial charge is 0.508 e. The maximum Gasteiger partial charge on any atom is 0.303 e. The number of likely N-dealkylation sites (tertiary alicyclic amines) is 1. The van der Waals surface area contributed by atoms with E-state index in [-0.39, 0.29) is 37.2 Å². The number of carbonyl (C=O) groups excluding carboxylic acids is 5. The molecule has 17 nitrogen and oxygen atoms in total. The lowest BCUT2D eigenvalue weighted by Crippen LogP contribution is -2.56. The number of hydrogen-bond acceptors (Lipinski definition) is 10. The summed E-state index contributed by atoms with van der Waals surface area (Å²) in [6.45, 7) is -0.448. The fourth-order valence-corrected chi connectivity index (χ4v) is 5.05. The number of hydrogen-bond donors (Lipinski definition) is 7. The molecular weight excluding hydrogens is 618 g/mol. The van der Waals surface area contributed by atoms with Crippen LogP contribution in [0.25, 0.3) is 0 Å². The number of aliphatic carboxylic acids is 1. The lowest BCUT2D eigenvalue weighted by molar-refractivity contribution is -0.384. The van der Waals surface area contributed by atoms with Gasteiger partial charge in [-0.15, -0.1) is 0 Å². The van der Waals surface area contributed by atoms with Crippen molar-refractivity contribution < 1.29 is 43.9 Å². The molecule has 0 saturated carbocycles. The molecule has 0 radical (unpaired) electrons. The van der Waals surface area contributed by atoms with E-state index in [1.807, 2.05) is 0 Å². The van der Waals surface area contributed by atoms with Crippen LogP contribution >= 0.6 is 0 Å². The molecule has 47 heavy (non-hydrogen) atoms. The van der Waals surface area contributed by atoms with Gasteiger partial charge in [-0.2, -0.15) is 0 Å². The minimum absolute atomic E-state index is 0.0224. The van der Waals surface area contributed by atoms with Crippen LogP contribution in [0.5, 0.6) is 5.75 Å². The van der Waals surface area contributed by atoms with Crippen LogP contribution in [0.1, 0.15) is 36.8 Å². The number of rotatable bonds is 16. The van der Waals surface area contributed by atoms with E-state index in [0.717, 1.165) is 0 Å². The molecule has 1 aliphatic rings. The van der Waals surface area contributed by atoms with Crippen LogP contribution in [0.2, 0.25) is 0 Å². The van der Waals surface area contributed by atoms with Gasteiger partial charge in [-0.25, -0.2) is 0 Å². The Morgan fingerprint density at radius 1 is 0.936 bits per heavy atom. The van der Waals surface area contributed by atoms with Crippen LogP contribution in [0, 0.1) is 10.1 Å². The number of carboxylic acids is 1. The molecular formula is C30H37N7O10. The van der Waals surface area contributed by atoms with Crippen molar-refractivity contribution in [2.24, 2.45) is 11.5 Å². The molecule has 0 bridgehead atoms. The number of non-ortho nitro benzene ring substituents is 1. The Bertz CT molecular complexity index is 1480. The molecule has 1 fully saturated rings. The van der Waals surface area contributed by atoms with Crippen LogP contribution in [0.3, 0.4) is 0 Å². The summed E-state index contributed by atoms with van der Waals surface area (Å²) in [5.41, 5.74) is 12.4. The SMILES string of the molecule is NC(=O)[C@@H]1CCCN1C(=O)[C@H](Cc1ccc([N+](=O)[O-])cc1)NC(=O)CNC(=O)[C@H](CCC(=O)O)NC(=O)[C@@H](N)Cc1ccc(O)cc1. The van der Waals surface area contributed by atoms with Gasteiger partial charge in [0.2, 0.25) is 29.5 Å². The first kappa shape index (κ1) is 35.9. The molecule has 2 aromatic carbocycles. The number of nitrogens with one attached hydrogen (secondary N) is 3. The van der Waals surface area contributed by atoms with Crippen LogP contribution in [0.15, 0.2) is 48.5 Å². The van der Waals surface area contributed by atoms with Gasteiger partial charge in [-0.05, 0) is 48.9 Å². The fourth-order valence-electron chi connectivity index (χ4n) is 5.05. The van der Waals surface area contributed by atoms with Crippen molar-refractivity contribution in [1.29, 1.82) is 0 Å². The van der Waals surface area contributed by atoms with Gasteiger partial charge < -0.3 is 42.5 Å². The minimum Gasteiger partial charge on any atom is -0.508 e. The quantitative estimate of drug-likeness (QED) is 0.0836. The zero-order chi connectivity index (χ0) is 34.7. The highest BCUT2D eigenvalue weighted by molar-refractivity contribution is 5.95. The summed E-state index contributed by atoms with van der Waals surface area (Å²) < 4.78 is 0. The summed E-state index contributed by atoms with van der Waals surface area (Å²) in [7, 11) is 0. The maximum atomic E-state index is 13.5. The summed E-state index contributed by atoms with van der Waals surface area (Å²) >= 11 is 0. The second-order valence-corrected chi connectivity index (χ2v) is 11.0. The van der Waals surface area contributed by atoms with Crippen molar-refractivity contribution in [3.63, 3.8) is 0 Å². The lowest BCUT2D eigenvalue weighted by Gasteiger charge is -2.28. The average Bonchev–Trinajstić information content (AvgIpc) is 3.53. The predicted octanol–water partition coefficient (Wildman–Crippen LogP) is -1.16. The van der Waals surface area contributed by atoms with E-state index in [1.54, 1.807) is 12.1 Å². The standard InChI is InChI=1S/C30H37N7O10/c31-21(14-17-5-9-20(38)10-6-17)28(43)35-22(11-12-26(40)41)29(44)33-16-25(39)34-23(15-18-3-7-19(8-4-18)37(46)47)30(45)36-13-1-2-24(36)27(32)42/h3-10,21-24,38H,1-2,11-16,31H2,(H2,32,42)(H,33,44)(H,34,39)(H,35,43)(H,40,41)/t21-,22-,23-,24-/m0/s1. The minimum atomic E-state index is -1.37. The highest BCUT2D eigenvalue weighted by Crippen LogP contribution is 2.20. The molecule has 3 rings (SSSR count). The number of nitrogens with zero attached hydrogens (tertiary/aromatic N) is 2. The van der Waals surface area contributed by atoms with Gasteiger partial charge in [0.05, 0.1) is 17.5 Å². The lowest BCUT2D eigenvalue weighted by atomic mass is 10.0. The van der Waals surface area contributed by atoms with Gasteiger partial charge in [0.1, 0.15) is 23.9 Å². The number of nitro groups is 1. The summed E-state index contributed by atoms with van der Waals surface area (Å²) in [6, 6.07) is 6.68. The molecule has 4 atom stereocenters. The van der Waals surface area contributed by atoms with Gasteiger partial charge in [0.15, 0.2) is 0 Å². The van der Waals surface area contributed by atoms with E-state index in [4.69, 9.17) is 16.6 Å². The second-order valence-electron chi connectivity index (χ2n) is 11.0. The zero-order valence-electron chi connectivity index (χ0n) is 25.3. The van der Waals surface area contributed by atoms with Crippen LogP contribution in [-0.2, 0) is 41.6 Å². The number of nitro benzene ring substituents is 1. The van der Waals surface area contributed by atoms with Crippen molar-refractivity contribution >= 4 is 41.2 Å². The number of amides is 5. The number of phenols is 1. The summed E-state index contributed by atoms with van der Waals surface area (Å²) in [6.07, 6.45) is 0.00689. The second kappa shape index (κ2) is 16.6. The Kier molecular flexibility index (Phi) is 12.7. The Morgan fingerprint density at radius 3 is 2.15 bits per heavy atom. The Hall–Kier alpha value is -5.58. The smallest absolute Gasteiger partial charge is 0.303 e. The zero-order valence-corrected chi connectivity index (χ0v) is 25.3. The van der Waals surface area contributed by atoms with Gasteiger partial charge in [0, 0.05) is 31.5 Å². The molecule has 252 valence electrons. The third kappa shape index (κ3) is 10.8. The first-order valence-corrected chi connectivity index (χ1v) is 14.7. The van der Waals surface area contributed by atoms with Gasteiger partial charge in [-0.1, -0.05) is 24.3 Å². The van der Waals surface area contributed by atoms with E-state index in [0.29, 0.717) is 24.0 Å². The van der Waals surface area contributed by atoms with E-state index in [1.165, 1.54) is 41.3 Å². The summed E-state index contributed by atoms with van der Waals surface area (Å²) in [5, 5.41) is 36.9. The first-order valence-electron chi connectivity index (χ1n) is 14.7. The third-order valence-electron chi connectivity index (χ3n) is 7.52. The van der Waals surface area contributed by atoms with Gasteiger partial charge >= 0.3 is 5.97 Å². The van der Waals surface area contributed by atoms with Crippen LogP contribution < -0.4 is 27.4 Å². The fraction of sp³-hybridized carbons (Fsp3) is 0.400. The van der Waals surface area contributed by atoms with Gasteiger partial charge in [0.25, 0.3) is 5.69 Å². The van der Waals surface area contributed by atoms with Crippen molar-refractivity contribution in [1.82, 2.24) is 20.9 Å². The monoisotopic (exact) mass is 655 g/mol. The molecule has 9 N–H and O–H groups in total. The maximum absolute atomic E-state index is 13.5. The van der Waals surface area contributed by atoms with Gasteiger partial charge in [-0.3, -0.25) is 38.9 Å². The number of phenolic OH excluding ortho intramolecular Hbond substituents is 1. The molecule has 0 unspecified atom stereocenters. The number of carbonyl (C=O) groups is 6. The molecule has 1 saturated heterocycles. The van der Waals surface area contributed by atoms with E-state index in [2.05, 4.69) is 16.0 Å². The molecule has 1 heterocycles. The van der Waals surface area contributed by atoms with E-state index >= 15 is 0 Å². The normalized spacial score (nSPS) is 15.9. The summed E-state index contributed by atoms with van der Waals surface area (Å²) in [5.74, 6) is -4.98. The van der Waals surface area contributed by atoms with Crippen molar-refractivity contribution in [2.45, 2.75) is 62.7 Å². The van der Waals surface area contributed by atoms with E-state index < -0.39 is 77.6 Å². The Balaban J connectivity index is 1.68. The number of carboxylic acid groups (broad SMARTS) is 1. The Morgan fingerprint density at radius 2 is 1.55 bits per heavy atom. The van der Waals surface area contributed by atoms with Crippen molar-refractivity contribution in [2.75, 3.05) is 13.1 Å². The highest BCUT2D eigenvalue weighted by Gasteiger charge is 2.37. The number of benzene rings is 2. The number of aromatic hydroxyl groups is 1. The van der Waals surface area contributed by atoms with E-state index in [9.17, 15) is 44.0 Å². The molecule has 1 aliphatic heterocycles. The molecule has 0 aromatic heterocycles.